The fraction of sp³-hybridized carbons (Fsp3) is 0.138. The van der Waals surface area contributed by atoms with E-state index in [0.29, 0.717) is 46.1 Å². The minimum absolute atomic E-state index is 0.0447. The molecule has 0 N–H and O–H groups in total. The zero-order chi connectivity index (χ0) is 25.5. The third-order valence-electron chi connectivity index (χ3n) is 5.60. The monoisotopic (exact) mass is 496 g/mol. The largest absolute Gasteiger partial charge is 0.493 e. The number of rotatable bonds is 9. The van der Waals surface area contributed by atoms with Gasteiger partial charge in [-0.3, -0.25) is 14.5 Å². The molecule has 0 aliphatic carbocycles. The van der Waals surface area contributed by atoms with Gasteiger partial charge in [0.1, 0.15) is 6.61 Å². The minimum atomic E-state index is -0.397. The lowest BCUT2D eigenvalue weighted by atomic mass is 10.0. The van der Waals surface area contributed by atoms with Crippen LogP contribution in [-0.2, 0) is 24.4 Å². The summed E-state index contributed by atoms with van der Waals surface area (Å²) in [5.41, 5.74) is 3.65. The molecule has 2 amide bonds. The highest BCUT2D eigenvalue weighted by molar-refractivity contribution is 8.18. The van der Waals surface area contributed by atoms with Gasteiger partial charge in [-0.15, -0.1) is 6.58 Å². The molecule has 0 bridgehead atoms. The van der Waals surface area contributed by atoms with Crippen LogP contribution in [0.25, 0.3) is 6.08 Å². The fourth-order valence-electron chi connectivity index (χ4n) is 3.84. The predicted molar refractivity (Wildman–Crippen MR) is 140 cm³/mol. The zero-order valence-corrected chi connectivity index (χ0v) is 20.6. The number of methoxy groups -OCH3 is 1. The summed E-state index contributed by atoms with van der Waals surface area (Å²) < 4.78 is 11.7. The molecule has 36 heavy (non-hydrogen) atoms. The summed E-state index contributed by atoms with van der Waals surface area (Å²) in [5, 5.41) is 8.96. The van der Waals surface area contributed by atoms with Crippen LogP contribution in [0.2, 0.25) is 0 Å². The topological polar surface area (TPSA) is 79.6 Å². The highest BCUT2D eigenvalue weighted by atomic mass is 32.2. The number of nitrogens with zero attached hydrogens (tertiary/aromatic N) is 2. The van der Waals surface area contributed by atoms with Crippen LogP contribution in [0.3, 0.4) is 0 Å². The molecule has 3 aromatic rings. The van der Waals surface area contributed by atoms with Crippen LogP contribution >= 0.6 is 11.8 Å². The Kier molecular flexibility index (Phi) is 7.89. The van der Waals surface area contributed by atoms with Crippen LogP contribution in [0.4, 0.5) is 4.79 Å². The van der Waals surface area contributed by atoms with Crippen molar-refractivity contribution < 1.29 is 19.1 Å². The lowest BCUT2D eigenvalue weighted by Crippen LogP contribution is -2.27. The Morgan fingerprint density at radius 3 is 2.53 bits per heavy atom. The molecule has 0 spiro atoms. The van der Waals surface area contributed by atoms with E-state index in [2.05, 4.69) is 12.6 Å². The number of nitriles is 1. The van der Waals surface area contributed by atoms with E-state index in [4.69, 9.17) is 9.47 Å². The maximum Gasteiger partial charge on any atom is 0.293 e. The van der Waals surface area contributed by atoms with Gasteiger partial charge in [-0.25, -0.2) is 0 Å². The summed E-state index contributed by atoms with van der Waals surface area (Å²) >= 11 is 0.877. The Morgan fingerprint density at radius 2 is 1.81 bits per heavy atom. The smallest absolute Gasteiger partial charge is 0.293 e. The Balaban J connectivity index is 1.61. The molecule has 1 aliphatic heterocycles. The van der Waals surface area contributed by atoms with Crippen molar-refractivity contribution in [2.75, 3.05) is 7.11 Å². The number of allylic oxidation sites excluding steroid dienone is 1. The fourth-order valence-corrected chi connectivity index (χ4v) is 4.68. The van der Waals surface area contributed by atoms with E-state index in [9.17, 15) is 14.9 Å². The third-order valence-corrected chi connectivity index (χ3v) is 6.51. The van der Waals surface area contributed by atoms with Crippen molar-refractivity contribution in [2.45, 2.75) is 19.6 Å². The predicted octanol–water partition coefficient (Wildman–Crippen LogP) is 6.11. The molecule has 4 rings (SSSR count). The van der Waals surface area contributed by atoms with Gasteiger partial charge in [0, 0.05) is 5.56 Å². The minimum Gasteiger partial charge on any atom is -0.493 e. The van der Waals surface area contributed by atoms with Gasteiger partial charge in [0.2, 0.25) is 0 Å². The second-order valence-electron chi connectivity index (χ2n) is 8.02. The summed E-state index contributed by atoms with van der Waals surface area (Å²) in [5.74, 6) is 0.740. The van der Waals surface area contributed by atoms with Crippen LogP contribution in [0.1, 0.15) is 27.8 Å². The lowest BCUT2D eigenvalue weighted by Gasteiger charge is -2.16. The van der Waals surface area contributed by atoms with Crippen LogP contribution in [-0.4, -0.2) is 23.2 Å². The van der Waals surface area contributed by atoms with Crippen LogP contribution in [0.15, 0.2) is 84.3 Å². The summed E-state index contributed by atoms with van der Waals surface area (Å²) in [6, 6.07) is 22.6. The van der Waals surface area contributed by atoms with E-state index in [1.165, 1.54) is 0 Å². The van der Waals surface area contributed by atoms with Crippen LogP contribution in [0.5, 0.6) is 11.5 Å². The Morgan fingerprint density at radius 1 is 1.06 bits per heavy atom. The van der Waals surface area contributed by atoms with Crippen molar-refractivity contribution in [3.8, 4) is 17.6 Å². The highest BCUT2D eigenvalue weighted by Crippen LogP contribution is 2.38. The van der Waals surface area contributed by atoms with Gasteiger partial charge in [-0.2, -0.15) is 5.26 Å². The van der Waals surface area contributed by atoms with Gasteiger partial charge in [-0.05, 0) is 59.1 Å². The first-order chi connectivity index (χ1) is 17.5. The molecule has 180 valence electrons. The summed E-state index contributed by atoms with van der Waals surface area (Å²) in [6.45, 7) is 4.27. The molecule has 0 radical (unpaired) electrons. The summed E-state index contributed by atoms with van der Waals surface area (Å²) in [6.07, 6.45) is 3.99. The van der Waals surface area contributed by atoms with E-state index >= 15 is 0 Å². The maximum atomic E-state index is 13.1. The normalized spacial score (nSPS) is 14.1. The SMILES string of the molecule is C=CCc1cc(/C=C2\SC(=O)N(Cc3ccccc3C#N)C2=O)cc(OC)c1OCc1ccccc1. The Hall–Kier alpha value is -4.28. The van der Waals surface area contributed by atoms with E-state index in [1.807, 2.05) is 36.4 Å². The number of benzene rings is 3. The number of ether oxygens (including phenoxy) is 2. The molecule has 1 heterocycles. The van der Waals surface area contributed by atoms with E-state index in [-0.39, 0.29) is 11.8 Å². The molecule has 0 unspecified atom stereocenters. The number of carbonyl (C=O) groups is 2. The number of imide groups is 1. The molecule has 1 aliphatic rings. The quantitative estimate of drug-likeness (QED) is 0.263. The first-order valence-electron chi connectivity index (χ1n) is 11.3. The van der Waals surface area contributed by atoms with Crippen molar-refractivity contribution >= 4 is 29.0 Å². The average molecular weight is 497 g/mol. The van der Waals surface area contributed by atoms with Gasteiger partial charge < -0.3 is 9.47 Å². The number of thioether (sulfide) groups is 1. The van der Waals surface area contributed by atoms with Crippen LogP contribution < -0.4 is 9.47 Å². The zero-order valence-electron chi connectivity index (χ0n) is 19.8. The van der Waals surface area contributed by atoms with E-state index in [1.54, 1.807) is 49.6 Å². The standard InChI is InChI=1S/C29H24N2O4S/c1-3-9-22-14-21(15-25(34-2)27(22)35-19-20-10-5-4-6-11-20)16-26-28(32)31(29(33)36-26)18-24-13-8-7-12-23(24)17-30/h3-8,10-16H,1,9,18-19H2,2H3/b26-16-. The van der Waals surface area contributed by atoms with Gasteiger partial charge in [-0.1, -0.05) is 54.6 Å². The van der Waals surface area contributed by atoms with Crippen molar-refractivity contribution in [2.24, 2.45) is 0 Å². The van der Waals surface area contributed by atoms with E-state index < -0.39 is 5.91 Å². The molecule has 0 aromatic heterocycles. The third kappa shape index (κ3) is 5.51. The van der Waals surface area contributed by atoms with E-state index in [0.717, 1.165) is 27.8 Å². The van der Waals surface area contributed by atoms with Gasteiger partial charge in [0.25, 0.3) is 11.1 Å². The van der Waals surface area contributed by atoms with Gasteiger partial charge in [0.05, 0.1) is 30.2 Å². The Bertz CT molecular complexity index is 1380. The lowest BCUT2D eigenvalue weighted by molar-refractivity contribution is -0.123. The molecular formula is C29H24N2O4S. The first-order valence-corrected chi connectivity index (χ1v) is 12.1. The second kappa shape index (κ2) is 11.4. The molecule has 0 atom stereocenters. The molecule has 6 nitrogen and oxygen atoms in total. The average Bonchev–Trinajstić information content (AvgIpc) is 3.16. The van der Waals surface area contributed by atoms with Crippen molar-refractivity contribution in [1.29, 1.82) is 5.26 Å². The molecule has 7 heteroatoms. The molecular weight excluding hydrogens is 472 g/mol. The molecule has 1 fully saturated rings. The number of hydrogen-bond donors (Lipinski definition) is 0. The van der Waals surface area contributed by atoms with Gasteiger partial charge >= 0.3 is 0 Å². The first kappa shape index (κ1) is 24.8. The summed E-state index contributed by atoms with van der Waals surface area (Å²) in [4.78, 5) is 27.2. The van der Waals surface area contributed by atoms with Crippen molar-refractivity contribution in [3.63, 3.8) is 0 Å². The maximum absolute atomic E-state index is 13.1. The Labute approximate surface area is 214 Å². The van der Waals surface area contributed by atoms with Gasteiger partial charge in [0.15, 0.2) is 11.5 Å². The van der Waals surface area contributed by atoms with Crippen molar-refractivity contribution in [1.82, 2.24) is 4.90 Å². The molecule has 3 aromatic carbocycles. The molecule has 1 saturated heterocycles. The number of amides is 2. The second-order valence-corrected chi connectivity index (χ2v) is 9.01. The number of hydrogen-bond acceptors (Lipinski definition) is 6. The molecule has 0 saturated carbocycles. The number of carbonyl (C=O) groups excluding carboxylic acids is 2. The van der Waals surface area contributed by atoms with Crippen molar-refractivity contribution in [3.05, 3.63) is 112 Å². The van der Waals surface area contributed by atoms with Crippen LogP contribution in [0, 0.1) is 11.3 Å². The summed E-state index contributed by atoms with van der Waals surface area (Å²) in [7, 11) is 1.56. The highest BCUT2D eigenvalue weighted by Gasteiger charge is 2.35.